The zero-order valence-electron chi connectivity index (χ0n) is 21.1. The summed E-state index contributed by atoms with van der Waals surface area (Å²) in [4.78, 5) is 25.5. The number of anilines is 2. The van der Waals surface area contributed by atoms with Gasteiger partial charge < -0.3 is 21.8 Å². The lowest BCUT2D eigenvalue weighted by Gasteiger charge is -2.16. The first-order valence-corrected chi connectivity index (χ1v) is 11.8. The fourth-order valence-corrected chi connectivity index (χ4v) is 3.80. The van der Waals surface area contributed by atoms with Gasteiger partial charge in [0, 0.05) is 29.6 Å². The van der Waals surface area contributed by atoms with Gasteiger partial charge in [0.05, 0.1) is 12.2 Å². The molecule has 0 radical (unpaired) electrons. The molecule has 0 fully saturated rings. The van der Waals surface area contributed by atoms with Gasteiger partial charge in [0.15, 0.2) is 28.8 Å². The summed E-state index contributed by atoms with van der Waals surface area (Å²) in [5, 5.41) is 22.9. The second kappa shape index (κ2) is 11.4. The molecule has 4 rings (SSSR count). The molecule has 1 unspecified atom stereocenters. The number of aromatic nitrogens is 3. The predicted octanol–water partition coefficient (Wildman–Crippen LogP) is 4.76. The molecule has 9 nitrogen and oxygen atoms in total. The Morgan fingerprint density at radius 1 is 1.08 bits per heavy atom. The Balaban J connectivity index is 1.49. The molecule has 4 aromatic rings. The third-order valence-corrected chi connectivity index (χ3v) is 5.96. The minimum Gasteiger partial charge on any atom is -0.383 e. The molecule has 11 heteroatoms. The van der Waals surface area contributed by atoms with Gasteiger partial charge in [0.2, 0.25) is 0 Å². The van der Waals surface area contributed by atoms with Gasteiger partial charge in [-0.2, -0.15) is 5.26 Å². The number of nitrogens with one attached hydrogen (secondary N) is 3. The summed E-state index contributed by atoms with van der Waals surface area (Å²) >= 11 is 0. The third kappa shape index (κ3) is 6.19. The second-order valence-electron chi connectivity index (χ2n) is 8.77. The minimum atomic E-state index is -1.02. The van der Waals surface area contributed by atoms with Gasteiger partial charge in [-0.3, -0.25) is 4.79 Å². The topological polar surface area (TPSA) is 153 Å². The Kier molecular flexibility index (Phi) is 7.86. The molecule has 5 N–H and O–H groups in total. The van der Waals surface area contributed by atoms with E-state index in [0.29, 0.717) is 29.2 Å². The van der Waals surface area contributed by atoms with E-state index in [0.717, 1.165) is 28.8 Å². The number of carbonyl (C=O) groups is 1. The van der Waals surface area contributed by atoms with Crippen molar-refractivity contribution >= 4 is 23.3 Å². The van der Waals surface area contributed by atoms with Gasteiger partial charge in [-0.1, -0.05) is 30.3 Å². The number of nitrogens with two attached hydrogens (primary N) is 1. The normalized spacial score (nSPS) is 11.4. The maximum absolute atomic E-state index is 13.6. The first-order valence-electron chi connectivity index (χ1n) is 11.8. The highest BCUT2D eigenvalue weighted by atomic mass is 19.2. The van der Waals surface area contributed by atoms with Crippen LogP contribution in [-0.4, -0.2) is 26.6 Å². The number of amides is 1. The first-order chi connectivity index (χ1) is 18.7. The molecule has 2 aromatic heterocycles. The average molecular weight is 527 g/mol. The van der Waals surface area contributed by atoms with Gasteiger partial charge >= 0.3 is 0 Å². The van der Waals surface area contributed by atoms with E-state index < -0.39 is 23.6 Å². The lowest BCUT2D eigenvalue weighted by molar-refractivity contribution is 0.0935. The highest BCUT2D eigenvalue weighted by Crippen LogP contribution is 2.24. The molecule has 0 aliphatic heterocycles. The molecule has 39 heavy (non-hydrogen) atoms. The van der Waals surface area contributed by atoms with Crippen LogP contribution in [0.5, 0.6) is 0 Å². The van der Waals surface area contributed by atoms with Crippen LogP contribution in [-0.2, 0) is 6.54 Å². The van der Waals surface area contributed by atoms with E-state index in [1.807, 2.05) is 36.4 Å². The zero-order valence-corrected chi connectivity index (χ0v) is 21.1. The van der Waals surface area contributed by atoms with E-state index in [9.17, 15) is 18.8 Å². The largest absolute Gasteiger partial charge is 0.383 e. The van der Waals surface area contributed by atoms with E-state index in [1.54, 1.807) is 20.0 Å². The Hall–Kier alpha value is -5.24. The molecule has 0 bridgehead atoms. The van der Waals surface area contributed by atoms with Crippen molar-refractivity contribution in [2.75, 3.05) is 11.1 Å². The zero-order chi connectivity index (χ0) is 28.1. The highest BCUT2D eigenvalue weighted by molar-refractivity contribution is 6.01. The van der Waals surface area contributed by atoms with Crippen molar-refractivity contribution in [3.05, 3.63) is 101 Å². The molecule has 0 aliphatic rings. The van der Waals surface area contributed by atoms with E-state index >= 15 is 0 Å². The lowest BCUT2D eigenvalue weighted by atomic mass is 10.0. The molecule has 0 spiro atoms. The second-order valence-corrected chi connectivity index (χ2v) is 8.77. The van der Waals surface area contributed by atoms with E-state index in [4.69, 9.17) is 11.1 Å². The van der Waals surface area contributed by atoms with Crippen LogP contribution in [0, 0.1) is 28.4 Å². The number of nitrogen functional groups attached to an aromatic ring is 1. The van der Waals surface area contributed by atoms with Crippen molar-refractivity contribution < 1.29 is 13.6 Å². The molecule has 2 heterocycles. The molecule has 0 saturated carbocycles. The van der Waals surface area contributed by atoms with E-state index in [-0.39, 0.29) is 17.2 Å². The average Bonchev–Trinajstić information content (AvgIpc) is 2.93. The van der Waals surface area contributed by atoms with Crippen molar-refractivity contribution in [1.82, 2.24) is 20.3 Å². The Morgan fingerprint density at radius 2 is 1.82 bits per heavy atom. The monoisotopic (exact) mass is 526 g/mol. The summed E-state index contributed by atoms with van der Waals surface area (Å²) in [6.07, 6.45) is 2.89. The summed E-state index contributed by atoms with van der Waals surface area (Å²) in [7, 11) is 0. The summed E-state index contributed by atoms with van der Waals surface area (Å²) in [5.74, 6) is -2.19. The van der Waals surface area contributed by atoms with Crippen LogP contribution in [0.3, 0.4) is 0 Å². The molecule has 1 amide bonds. The van der Waals surface area contributed by atoms with E-state index in [2.05, 4.69) is 25.6 Å². The highest BCUT2D eigenvalue weighted by Gasteiger charge is 2.19. The third-order valence-electron chi connectivity index (χ3n) is 5.96. The standard InChI is InChI=1S/C28H24F2N8O/c1-15(32)22-9-20(13-34-26(22)33)18-5-3-17(4-6-18)12-35-27-25(38-21(11-31)14-36-27)28(39)37-16(2)19-7-8-23(29)24(30)10-19/h3-10,13-14,16,32H,12H2,1-2H3,(H2,33,34)(H,35,36)(H,37,39). The van der Waals surface area contributed by atoms with Crippen LogP contribution in [0.25, 0.3) is 11.1 Å². The first kappa shape index (κ1) is 26.8. The summed E-state index contributed by atoms with van der Waals surface area (Å²) in [5.41, 5.74) is 9.54. The number of pyridine rings is 1. The minimum absolute atomic E-state index is 0.0489. The van der Waals surface area contributed by atoms with Crippen LogP contribution in [0.1, 0.15) is 52.8 Å². The van der Waals surface area contributed by atoms with Gasteiger partial charge in [-0.05, 0) is 48.7 Å². The van der Waals surface area contributed by atoms with Crippen molar-refractivity contribution in [3.8, 4) is 17.2 Å². The fourth-order valence-electron chi connectivity index (χ4n) is 3.80. The summed E-state index contributed by atoms with van der Waals surface area (Å²) in [6, 6.07) is 13.9. The van der Waals surface area contributed by atoms with Gasteiger partial charge in [-0.25, -0.2) is 23.7 Å². The Labute approximate surface area is 223 Å². The van der Waals surface area contributed by atoms with E-state index in [1.165, 1.54) is 12.3 Å². The molecule has 0 aliphatic carbocycles. The molecule has 2 aromatic carbocycles. The SMILES string of the molecule is CC(=N)c1cc(-c2ccc(CNc3ncc(C#N)nc3C(=O)NC(C)c3ccc(F)c(F)c3)cc2)cnc1N. The van der Waals surface area contributed by atoms with Crippen molar-refractivity contribution in [2.24, 2.45) is 0 Å². The molecule has 0 saturated heterocycles. The van der Waals surface area contributed by atoms with Crippen LogP contribution in [0.4, 0.5) is 20.4 Å². The van der Waals surface area contributed by atoms with Crippen molar-refractivity contribution in [3.63, 3.8) is 0 Å². The number of hydrogen-bond acceptors (Lipinski definition) is 8. The van der Waals surface area contributed by atoms with Crippen molar-refractivity contribution in [1.29, 1.82) is 10.7 Å². The van der Waals surface area contributed by atoms with Crippen LogP contribution in [0.2, 0.25) is 0 Å². The number of halogens is 2. The molecular formula is C28H24F2N8O. The van der Waals surface area contributed by atoms with Gasteiger partial charge in [-0.15, -0.1) is 0 Å². The van der Waals surface area contributed by atoms with Crippen LogP contribution >= 0.6 is 0 Å². The van der Waals surface area contributed by atoms with Crippen molar-refractivity contribution in [2.45, 2.75) is 26.4 Å². The fraction of sp³-hybridized carbons (Fsp3) is 0.143. The molecular weight excluding hydrogens is 502 g/mol. The Morgan fingerprint density at radius 3 is 2.49 bits per heavy atom. The number of nitriles is 1. The maximum Gasteiger partial charge on any atom is 0.274 e. The maximum atomic E-state index is 13.6. The summed E-state index contributed by atoms with van der Waals surface area (Å²) < 4.78 is 26.9. The lowest BCUT2D eigenvalue weighted by Crippen LogP contribution is -2.29. The number of nitrogens with zero attached hydrogens (tertiary/aromatic N) is 4. The number of hydrogen-bond donors (Lipinski definition) is 4. The quantitative estimate of drug-likeness (QED) is 0.241. The van der Waals surface area contributed by atoms with Crippen LogP contribution in [0.15, 0.2) is 60.9 Å². The molecule has 196 valence electrons. The van der Waals surface area contributed by atoms with Gasteiger partial charge in [0.1, 0.15) is 11.9 Å². The predicted molar refractivity (Wildman–Crippen MR) is 143 cm³/mol. The smallest absolute Gasteiger partial charge is 0.274 e. The Bertz CT molecular complexity index is 1600. The molecule has 1 atom stereocenters. The van der Waals surface area contributed by atoms with Gasteiger partial charge in [0.25, 0.3) is 5.91 Å². The number of benzene rings is 2. The summed E-state index contributed by atoms with van der Waals surface area (Å²) in [6.45, 7) is 3.56. The number of carbonyl (C=O) groups excluding carboxylic acids is 1. The van der Waals surface area contributed by atoms with Crippen LogP contribution < -0.4 is 16.4 Å². The number of rotatable bonds is 8.